The molecule has 0 fully saturated rings. The largest absolute Gasteiger partial charge is 0.493 e. The predicted octanol–water partition coefficient (Wildman–Crippen LogP) is 3.09. The quantitative estimate of drug-likeness (QED) is 0.525. The Morgan fingerprint density at radius 3 is 2.50 bits per heavy atom. The zero-order valence-corrected chi connectivity index (χ0v) is 18.5. The van der Waals surface area contributed by atoms with E-state index in [0.29, 0.717) is 24.6 Å². The van der Waals surface area contributed by atoms with E-state index in [1.54, 1.807) is 25.6 Å². The first-order valence-corrected chi connectivity index (χ1v) is 10.9. The molecule has 2 aromatic carbocycles. The predicted molar refractivity (Wildman–Crippen MR) is 120 cm³/mol. The Morgan fingerprint density at radius 1 is 1.07 bits per heavy atom. The lowest BCUT2D eigenvalue weighted by Crippen LogP contribution is -2.87. The SMILES string of the molecule is COc1ccc(CCNC(=O)C[NH2+][C@@H](c2ccc(C)cc2)c2cccs2)cc1OC. The van der Waals surface area contributed by atoms with Crippen molar-refractivity contribution >= 4 is 17.2 Å². The number of aryl methyl sites for hydroxylation is 1. The summed E-state index contributed by atoms with van der Waals surface area (Å²) in [6.07, 6.45) is 0.735. The maximum absolute atomic E-state index is 12.4. The number of carbonyl (C=O) groups is 1. The molecule has 6 heteroatoms. The molecule has 1 atom stereocenters. The van der Waals surface area contributed by atoms with Gasteiger partial charge in [-0.25, -0.2) is 0 Å². The minimum Gasteiger partial charge on any atom is -0.493 e. The maximum atomic E-state index is 12.4. The van der Waals surface area contributed by atoms with Crippen LogP contribution >= 0.6 is 11.3 Å². The van der Waals surface area contributed by atoms with E-state index < -0.39 is 0 Å². The summed E-state index contributed by atoms with van der Waals surface area (Å²) < 4.78 is 10.6. The number of nitrogens with one attached hydrogen (secondary N) is 1. The highest BCUT2D eigenvalue weighted by molar-refractivity contribution is 7.10. The number of ether oxygens (including phenoxy) is 2. The molecule has 3 rings (SSSR count). The van der Waals surface area contributed by atoms with Gasteiger partial charge in [0.1, 0.15) is 6.04 Å². The molecule has 5 nitrogen and oxygen atoms in total. The van der Waals surface area contributed by atoms with Crippen LogP contribution in [0.2, 0.25) is 0 Å². The first-order chi connectivity index (χ1) is 14.6. The fourth-order valence-corrected chi connectivity index (χ4v) is 4.19. The van der Waals surface area contributed by atoms with Gasteiger partial charge in [-0.1, -0.05) is 42.0 Å². The van der Waals surface area contributed by atoms with E-state index in [1.807, 2.05) is 18.2 Å². The standard InChI is InChI=1S/C24H28N2O3S/c1-17-6-9-19(10-7-17)24(22-5-4-14-30-22)26-16-23(27)25-13-12-18-8-11-20(28-2)21(15-18)29-3/h4-11,14-15,24,26H,12-13,16H2,1-3H3,(H,25,27)/p+1/t24-/m0/s1. The number of methoxy groups -OCH3 is 2. The molecule has 0 saturated heterocycles. The summed E-state index contributed by atoms with van der Waals surface area (Å²) >= 11 is 1.72. The highest BCUT2D eigenvalue weighted by Crippen LogP contribution is 2.27. The van der Waals surface area contributed by atoms with E-state index >= 15 is 0 Å². The minimum atomic E-state index is 0.0316. The second-order valence-corrected chi connectivity index (χ2v) is 8.11. The second-order valence-electron chi connectivity index (χ2n) is 7.13. The van der Waals surface area contributed by atoms with Gasteiger partial charge < -0.3 is 20.1 Å². The van der Waals surface area contributed by atoms with Crippen molar-refractivity contribution in [2.45, 2.75) is 19.4 Å². The number of rotatable bonds is 10. The average molecular weight is 426 g/mol. The van der Waals surface area contributed by atoms with Gasteiger partial charge in [0.05, 0.1) is 19.1 Å². The number of nitrogens with two attached hydrogens (primary N) is 1. The number of hydrogen-bond acceptors (Lipinski definition) is 4. The van der Waals surface area contributed by atoms with Gasteiger partial charge in [0.2, 0.25) is 0 Å². The number of carbonyl (C=O) groups excluding carboxylic acids is 1. The summed E-state index contributed by atoms with van der Waals surface area (Å²) in [5.74, 6) is 1.44. The Kier molecular flexibility index (Phi) is 7.88. The molecule has 0 aliphatic carbocycles. The van der Waals surface area contributed by atoms with Crippen molar-refractivity contribution < 1.29 is 19.6 Å². The monoisotopic (exact) mass is 425 g/mol. The molecule has 0 aliphatic heterocycles. The smallest absolute Gasteiger partial charge is 0.275 e. The molecular formula is C24H29N2O3S+. The number of quaternary nitrogens is 1. The van der Waals surface area contributed by atoms with Crippen molar-refractivity contribution in [3.8, 4) is 11.5 Å². The van der Waals surface area contributed by atoms with Crippen LogP contribution in [0.4, 0.5) is 0 Å². The van der Waals surface area contributed by atoms with Crippen LogP contribution in [0.5, 0.6) is 11.5 Å². The Bertz CT molecular complexity index is 940. The molecule has 0 saturated carbocycles. The third-order valence-electron chi connectivity index (χ3n) is 5.01. The number of amides is 1. The van der Waals surface area contributed by atoms with Crippen molar-refractivity contribution in [3.63, 3.8) is 0 Å². The lowest BCUT2D eigenvalue weighted by Gasteiger charge is -2.15. The van der Waals surface area contributed by atoms with Crippen molar-refractivity contribution in [2.75, 3.05) is 27.3 Å². The lowest BCUT2D eigenvalue weighted by molar-refractivity contribution is -0.676. The maximum Gasteiger partial charge on any atom is 0.275 e. The van der Waals surface area contributed by atoms with Gasteiger partial charge in [0.25, 0.3) is 5.91 Å². The van der Waals surface area contributed by atoms with Gasteiger partial charge in [-0.15, -0.1) is 11.3 Å². The molecule has 0 radical (unpaired) electrons. The van der Waals surface area contributed by atoms with E-state index in [0.717, 1.165) is 12.0 Å². The van der Waals surface area contributed by atoms with Crippen LogP contribution in [0.25, 0.3) is 0 Å². The van der Waals surface area contributed by atoms with Gasteiger partial charge in [-0.2, -0.15) is 0 Å². The first kappa shape index (κ1) is 21.9. The van der Waals surface area contributed by atoms with Crippen LogP contribution < -0.4 is 20.1 Å². The van der Waals surface area contributed by atoms with Gasteiger partial charge >= 0.3 is 0 Å². The highest BCUT2D eigenvalue weighted by atomic mass is 32.1. The third kappa shape index (κ3) is 5.84. The van der Waals surface area contributed by atoms with Crippen LogP contribution in [-0.2, 0) is 11.2 Å². The van der Waals surface area contributed by atoms with Gasteiger partial charge in [0, 0.05) is 12.1 Å². The molecular weight excluding hydrogens is 396 g/mol. The molecule has 3 aromatic rings. The van der Waals surface area contributed by atoms with Crippen LogP contribution in [0.3, 0.4) is 0 Å². The molecule has 0 aliphatic rings. The van der Waals surface area contributed by atoms with Crippen LogP contribution in [0.15, 0.2) is 60.0 Å². The highest BCUT2D eigenvalue weighted by Gasteiger charge is 2.19. The fraction of sp³-hybridized carbons (Fsp3) is 0.292. The molecule has 3 N–H and O–H groups in total. The molecule has 1 aromatic heterocycles. The Balaban J connectivity index is 1.53. The van der Waals surface area contributed by atoms with Crippen molar-refractivity contribution in [3.05, 3.63) is 81.5 Å². The summed E-state index contributed by atoms with van der Waals surface area (Å²) in [6, 6.07) is 18.7. The summed E-state index contributed by atoms with van der Waals surface area (Å²) in [5.41, 5.74) is 3.53. The Morgan fingerprint density at radius 2 is 1.83 bits per heavy atom. The second kappa shape index (κ2) is 10.8. The normalized spacial score (nSPS) is 11.7. The molecule has 1 amide bonds. The van der Waals surface area contributed by atoms with Crippen LogP contribution in [0.1, 0.15) is 27.6 Å². The molecule has 0 unspecified atom stereocenters. The number of benzene rings is 2. The van der Waals surface area contributed by atoms with Crippen LogP contribution in [0, 0.1) is 6.92 Å². The van der Waals surface area contributed by atoms with Gasteiger partial charge in [0.15, 0.2) is 18.0 Å². The summed E-state index contributed by atoms with van der Waals surface area (Å²) in [4.78, 5) is 13.7. The van der Waals surface area contributed by atoms with Crippen molar-refractivity contribution in [1.29, 1.82) is 0 Å². The minimum absolute atomic E-state index is 0.0316. The molecule has 0 spiro atoms. The van der Waals surface area contributed by atoms with E-state index in [1.165, 1.54) is 16.0 Å². The van der Waals surface area contributed by atoms with E-state index in [2.05, 4.69) is 59.3 Å². The summed E-state index contributed by atoms with van der Waals surface area (Å²) in [7, 11) is 3.24. The van der Waals surface area contributed by atoms with Crippen molar-refractivity contribution in [2.24, 2.45) is 0 Å². The summed E-state index contributed by atoms with van der Waals surface area (Å²) in [5, 5.41) is 7.20. The topological polar surface area (TPSA) is 64.2 Å². The Hall–Kier alpha value is -2.83. The fourth-order valence-electron chi connectivity index (χ4n) is 3.34. The van der Waals surface area contributed by atoms with Crippen LogP contribution in [-0.4, -0.2) is 33.2 Å². The molecule has 1 heterocycles. The molecule has 0 bridgehead atoms. The zero-order chi connectivity index (χ0) is 21.3. The summed E-state index contributed by atoms with van der Waals surface area (Å²) in [6.45, 7) is 3.04. The van der Waals surface area contributed by atoms with Crippen molar-refractivity contribution in [1.82, 2.24) is 5.32 Å². The lowest BCUT2D eigenvalue weighted by atomic mass is 10.0. The zero-order valence-electron chi connectivity index (χ0n) is 17.7. The van der Waals surface area contributed by atoms with E-state index in [-0.39, 0.29) is 11.9 Å². The average Bonchev–Trinajstić information content (AvgIpc) is 3.29. The molecule has 30 heavy (non-hydrogen) atoms. The van der Waals surface area contributed by atoms with Gasteiger partial charge in [-0.05, 0) is 42.5 Å². The third-order valence-corrected chi connectivity index (χ3v) is 5.96. The van der Waals surface area contributed by atoms with E-state index in [4.69, 9.17) is 9.47 Å². The number of hydrogen-bond donors (Lipinski definition) is 2. The number of thiophene rings is 1. The van der Waals surface area contributed by atoms with Gasteiger partial charge in [-0.3, -0.25) is 4.79 Å². The Labute approximate surface area is 182 Å². The molecule has 158 valence electrons. The van der Waals surface area contributed by atoms with E-state index in [9.17, 15) is 4.79 Å². The first-order valence-electron chi connectivity index (χ1n) is 10.0.